The molecule has 0 spiro atoms. The van der Waals surface area contributed by atoms with E-state index in [1.165, 1.54) is 7.11 Å². The Morgan fingerprint density at radius 1 is 1.20 bits per heavy atom. The first-order valence-corrected chi connectivity index (χ1v) is 11.0. The van der Waals surface area contributed by atoms with E-state index in [9.17, 15) is 9.59 Å². The fourth-order valence-electron chi connectivity index (χ4n) is 3.97. The fraction of sp³-hybridized carbons (Fsp3) is 0.714. The number of ether oxygens (including phenoxy) is 2. The minimum absolute atomic E-state index is 0.141. The molecule has 0 aliphatic carbocycles. The zero-order valence-corrected chi connectivity index (χ0v) is 18.3. The van der Waals surface area contributed by atoms with E-state index >= 15 is 0 Å². The molecule has 2 aromatic rings. The van der Waals surface area contributed by atoms with E-state index in [1.54, 1.807) is 4.57 Å². The van der Waals surface area contributed by atoms with Crippen molar-refractivity contribution in [2.24, 2.45) is 0 Å². The molecule has 1 aliphatic heterocycles. The maximum atomic E-state index is 12.5. The van der Waals surface area contributed by atoms with Crippen LogP contribution in [-0.4, -0.2) is 63.2 Å². The molecule has 0 aromatic carbocycles. The van der Waals surface area contributed by atoms with Crippen LogP contribution >= 0.6 is 0 Å². The van der Waals surface area contributed by atoms with Crippen LogP contribution in [0.2, 0.25) is 0 Å². The summed E-state index contributed by atoms with van der Waals surface area (Å²) in [7, 11) is 1.45. The van der Waals surface area contributed by atoms with Gasteiger partial charge in [0, 0.05) is 6.54 Å². The Hall–Kier alpha value is -2.42. The number of nitrogens with zero attached hydrogens (tertiary/aromatic N) is 4. The van der Waals surface area contributed by atoms with Gasteiger partial charge in [0.25, 0.3) is 0 Å². The van der Waals surface area contributed by atoms with Crippen LogP contribution in [0.3, 0.4) is 0 Å². The van der Waals surface area contributed by atoms with Crippen LogP contribution in [0.5, 0.6) is 6.01 Å². The number of aromatic nitrogens is 4. The summed E-state index contributed by atoms with van der Waals surface area (Å²) >= 11 is 0. The third-order valence-corrected chi connectivity index (χ3v) is 5.68. The van der Waals surface area contributed by atoms with Crippen molar-refractivity contribution in [1.82, 2.24) is 24.4 Å². The first-order valence-electron chi connectivity index (χ1n) is 11.0. The van der Waals surface area contributed by atoms with E-state index in [1.807, 2.05) is 6.92 Å². The molecular formula is C21H33N5O4. The van der Waals surface area contributed by atoms with E-state index in [4.69, 9.17) is 9.47 Å². The van der Waals surface area contributed by atoms with E-state index in [0.717, 1.165) is 58.0 Å². The number of H-pyrrole nitrogens is 1. The van der Waals surface area contributed by atoms with Gasteiger partial charge in [0.15, 0.2) is 5.65 Å². The van der Waals surface area contributed by atoms with Crippen LogP contribution in [0.15, 0.2) is 4.79 Å². The van der Waals surface area contributed by atoms with E-state index in [2.05, 4.69) is 26.8 Å². The van der Waals surface area contributed by atoms with E-state index < -0.39 is 0 Å². The smallest absolute Gasteiger partial charge is 0.327 e. The predicted molar refractivity (Wildman–Crippen MR) is 114 cm³/mol. The molecule has 0 radical (unpaired) electrons. The Kier molecular flexibility index (Phi) is 7.84. The summed E-state index contributed by atoms with van der Waals surface area (Å²) in [6.45, 7) is 6.79. The molecule has 1 aliphatic rings. The summed E-state index contributed by atoms with van der Waals surface area (Å²) in [5, 5.41) is 0. The van der Waals surface area contributed by atoms with Gasteiger partial charge in [0.05, 0.1) is 19.4 Å². The summed E-state index contributed by atoms with van der Waals surface area (Å²) in [5.41, 5.74) is 1.77. The maximum Gasteiger partial charge on any atom is 0.327 e. The highest BCUT2D eigenvalue weighted by atomic mass is 16.5. The zero-order valence-electron chi connectivity index (χ0n) is 18.3. The van der Waals surface area contributed by atoms with Gasteiger partial charge in [-0.3, -0.25) is 14.3 Å². The van der Waals surface area contributed by atoms with Crippen molar-refractivity contribution in [2.45, 2.75) is 71.4 Å². The SMILES string of the molecule is CCCCOc1nc(C)c2[nH]c(=O)n(CCCCN3CCCCC3C(=O)OC)c2n1. The number of esters is 1. The zero-order chi connectivity index (χ0) is 21.5. The summed E-state index contributed by atoms with van der Waals surface area (Å²) < 4.78 is 12.3. The Labute approximate surface area is 176 Å². The van der Waals surface area contributed by atoms with E-state index in [-0.39, 0.29) is 17.7 Å². The first kappa shape index (κ1) is 22.3. The number of carbonyl (C=O) groups is 1. The average molecular weight is 420 g/mol. The topological polar surface area (TPSA) is 102 Å². The van der Waals surface area contributed by atoms with Crippen molar-refractivity contribution in [1.29, 1.82) is 0 Å². The van der Waals surface area contributed by atoms with Crippen molar-refractivity contribution < 1.29 is 14.3 Å². The Morgan fingerprint density at radius 2 is 2.00 bits per heavy atom. The minimum atomic E-state index is -0.182. The number of unbranched alkanes of at least 4 members (excludes halogenated alkanes) is 2. The number of methoxy groups -OCH3 is 1. The van der Waals surface area contributed by atoms with Gasteiger partial charge in [-0.15, -0.1) is 0 Å². The lowest BCUT2D eigenvalue weighted by Crippen LogP contribution is -2.45. The summed E-state index contributed by atoms with van der Waals surface area (Å²) in [5.74, 6) is -0.148. The van der Waals surface area contributed by atoms with Gasteiger partial charge in [0.2, 0.25) is 0 Å². The number of hydrogen-bond donors (Lipinski definition) is 1. The molecule has 1 unspecified atom stereocenters. The van der Waals surface area contributed by atoms with Crippen LogP contribution < -0.4 is 10.4 Å². The van der Waals surface area contributed by atoms with Crippen molar-refractivity contribution in [2.75, 3.05) is 26.8 Å². The van der Waals surface area contributed by atoms with Crippen LogP contribution in [0.1, 0.15) is 57.6 Å². The highest BCUT2D eigenvalue weighted by Gasteiger charge is 2.28. The van der Waals surface area contributed by atoms with Gasteiger partial charge >= 0.3 is 17.7 Å². The molecule has 9 heteroatoms. The molecule has 1 fully saturated rings. The molecule has 3 heterocycles. The predicted octanol–water partition coefficient (Wildman–Crippen LogP) is 2.41. The van der Waals surface area contributed by atoms with Crippen LogP contribution in [0.25, 0.3) is 11.2 Å². The number of piperidine rings is 1. The summed E-state index contributed by atoms with van der Waals surface area (Å²) in [4.78, 5) is 38.4. The normalized spacial score (nSPS) is 17.4. The number of likely N-dealkylation sites (tertiary alicyclic amines) is 1. The highest BCUT2D eigenvalue weighted by Crippen LogP contribution is 2.19. The number of carbonyl (C=O) groups excluding carboxylic acids is 1. The van der Waals surface area contributed by atoms with Gasteiger partial charge in [-0.25, -0.2) is 4.79 Å². The molecule has 0 bridgehead atoms. The number of fused-ring (bicyclic) bond motifs is 1. The molecule has 166 valence electrons. The van der Waals surface area contributed by atoms with Gasteiger partial charge in [-0.1, -0.05) is 19.8 Å². The number of imidazole rings is 1. The van der Waals surface area contributed by atoms with Crippen LogP contribution in [0.4, 0.5) is 0 Å². The van der Waals surface area contributed by atoms with Gasteiger partial charge in [0.1, 0.15) is 11.6 Å². The van der Waals surface area contributed by atoms with Crippen LogP contribution in [-0.2, 0) is 16.1 Å². The number of aromatic amines is 1. The standard InChI is InChI=1S/C21H33N5O4/c1-4-5-14-30-20-22-15(2)17-18(24-20)26(21(28)23-17)13-9-8-12-25-11-7-6-10-16(25)19(27)29-3/h16H,4-14H2,1-3H3,(H,23,28). The quantitative estimate of drug-likeness (QED) is 0.466. The molecule has 1 atom stereocenters. The third kappa shape index (κ3) is 5.19. The number of aryl methyl sites for hydroxylation is 2. The molecule has 30 heavy (non-hydrogen) atoms. The van der Waals surface area contributed by atoms with Gasteiger partial charge in [-0.2, -0.15) is 9.97 Å². The van der Waals surface area contributed by atoms with Gasteiger partial charge < -0.3 is 14.5 Å². The second-order valence-corrected chi connectivity index (χ2v) is 7.85. The molecule has 3 rings (SSSR count). The third-order valence-electron chi connectivity index (χ3n) is 5.68. The average Bonchev–Trinajstić information content (AvgIpc) is 3.07. The summed E-state index contributed by atoms with van der Waals surface area (Å²) in [6.07, 6.45) is 6.68. The van der Waals surface area contributed by atoms with Crippen molar-refractivity contribution in [3.63, 3.8) is 0 Å². The molecule has 1 saturated heterocycles. The molecule has 0 amide bonds. The van der Waals surface area contributed by atoms with Crippen molar-refractivity contribution >= 4 is 17.1 Å². The first-order chi connectivity index (χ1) is 14.5. The van der Waals surface area contributed by atoms with E-state index in [0.29, 0.717) is 36.0 Å². The summed E-state index contributed by atoms with van der Waals surface area (Å²) in [6, 6.07) is 0.174. The molecule has 9 nitrogen and oxygen atoms in total. The Morgan fingerprint density at radius 3 is 2.77 bits per heavy atom. The number of hydrogen-bond acceptors (Lipinski definition) is 7. The molecule has 0 saturated carbocycles. The second kappa shape index (κ2) is 10.6. The lowest BCUT2D eigenvalue weighted by molar-refractivity contribution is -0.148. The van der Waals surface area contributed by atoms with Gasteiger partial charge in [-0.05, 0) is 52.1 Å². The number of nitrogens with one attached hydrogen (secondary N) is 1. The largest absolute Gasteiger partial charge is 0.468 e. The van der Waals surface area contributed by atoms with Crippen molar-refractivity contribution in [3.8, 4) is 6.01 Å². The maximum absolute atomic E-state index is 12.5. The Bertz CT molecular complexity index is 907. The fourth-order valence-corrected chi connectivity index (χ4v) is 3.97. The molecular weight excluding hydrogens is 386 g/mol. The highest BCUT2D eigenvalue weighted by molar-refractivity contribution is 5.75. The second-order valence-electron chi connectivity index (χ2n) is 7.85. The lowest BCUT2D eigenvalue weighted by atomic mass is 10.0. The monoisotopic (exact) mass is 419 g/mol. The Balaban J connectivity index is 1.63. The van der Waals surface area contributed by atoms with Crippen molar-refractivity contribution in [3.05, 3.63) is 16.2 Å². The number of rotatable bonds is 10. The molecule has 1 N–H and O–H groups in total. The lowest BCUT2D eigenvalue weighted by Gasteiger charge is -2.33. The molecule has 2 aromatic heterocycles. The van der Waals surface area contributed by atoms with Crippen LogP contribution in [0, 0.1) is 6.92 Å². The minimum Gasteiger partial charge on any atom is -0.468 e.